The van der Waals surface area contributed by atoms with Crippen molar-refractivity contribution in [2.24, 2.45) is 5.92 Å². The zero-order valence-corrected chi connectivity index (χ0v) is 19.2. The van der Waals surface area contributed by atoms with Gasteiger partial charge in [0.05, 0.1) is 0 Å². The van der Waals surface area contributed by atoms with Crippen LogP contribution in [0.3, 0.4) is 0 Å². The summed E-state index contributed by atoms with van der Waals surface area (Å²) < 4.78 is 0. The normalized spacial score (nSPS) is 14.4. The van der Waals surface area contributed by atoms with Gasteiger partial charge >= 0.3 is 11.9 Å². The van der Waals surface area contributed by atoms with Gasteiger partial charge in [-0.3, -0.25) is 9.69 Å². The second-order valence-electron chi connectivity index (χ2n) is 8.28. The lowest BCUT2D eigenvalue weighted by Crippen LogP contribution is -2.33. The third kappa shape index (κ3) is 9.70. The molecule has 7 nitrogen and oxygen atoms in total. The highest BCUT2D eigenvalue weighted by molar-refractivity contribution is 5.96. The highest BCUT2D eigenvalue weighted by Gasteiger charge is 2.22. The van der Waals surface area contributed by atoms with E-state index in [4.69, 9.17) is 10.2 Å². The van der Waals surface area contributed by atoms with Crippen LogP contribution in [0.25, 0.3) is 0 Å². The summed E-state index contributed by atoms with van der Waals surface area (Å²) in [5.74, 6) is -1.71. The standard InChI is InChI=1S/C22H28N2O.C4H4O4/c1-23(2)21-10-8-20(9-11-21)22(25)16-18-12-14-24(15-13-18)17-19-6-4-3-5-7-19;5-3(6)1-2-4(7)8/h3-11,18H,12-17H2,1-2H3;1-2H,(H,5,6)(H,7,8)/b;2-1+. The van der Waals surface area contributed by atoms with E-state index in [2.05, 4.69) is 40.1 Å². The van der Waals surface area contributed by atoms with Crippen molar-refractivity contribution in [2.75, 3.05) is 32.1 Å². The van der Waals surface area contributed by atoms with Crippen LogP contribution in [0.4, 0.5) is 5.69 Å². The topological polar surface area (TPSA) is 98.2 Å². The Labute approximate surface area is 195 Å². The molecule has 0 atom stereocenters. The number of carbonyl (C=O) groups is 3. The van der Waals surface area contributed by atoms with Gasteiger partial charge in [0.25, 0.3) is 0 Å². The molecule has 0 bridgehead atoms. The minimum absolute atomic E-state index is 0.284. The van der Waals surface area contributed by atoms with Gasteiger partial charge in [0.2, 0.25) is 0 Å². The Morgan fingerprint density at radius 3 is 1.94 bits per heavy atom. The van der Waals surface area contributed by atoms with Gasteiger partial charge < -0.3 is 15.1 Å². The van der Waals surface area contributed by atoms with Gasteiger partial charge in [-0.1, -0.05) is 30.3 Å². The molecule has 1 aliphatic rings. The number of carbonyl (C=O) groups excluding carboxylic acids is 1. The summed E-state index contributed by atoms with van der Waals surface area (Å²) in [6, 6.07) is 18.6. The lowest BCUT2D eigenvalue weighted by molar-refractivity contribution is -0.134. The number of carboxylic acids is 2. The largest absolute Gasteiger partial charge is 0.478 e. The van der Waals surface area contributed by atoms with Crippen molar-refractivity contribution in [3.05, 3.63) is 77.9 Å². The molecule has 1 heterocycles. The number of aliphatic carboxylic acids is 2. The molecule has 1 fully saturated rings. The molecule has 0 aliphatic carbocycles. The van der Waals surface area contributed by atoms with Crippen LogP contribution in [0.5, 0.6) is 0 Å². The van der Waals surface area contributed by atoms with Gasteiger partial charge in [-0.15, -0.1) is 0 Å². The first-order chi connectivity index (χ1) is 15.7. The van der Waals surface area contributed by atoms with E-state index in [0.717, 1.165) is 43.7 Å². The van der Waals surface area contributed by atoms with Gasteiger partial charge in [-0.05, 0) is 61.7 Å². The highest BCUT2D eigenvalue weighted by Crippen LogP contribution is 2.24. The predicted octanol–water partition coefficient (Wildman–Crippen LogP) is 3.95. The maximum absolute atomic E-state index is 12.5. The third-order valence-corrected chi connectivity index (χ3v) is 5.50. The number of carboxylic acid groups (broad SMARTS) is 2. The van der Waals surface area contributed by atoms with Gasteiger partial charge in [0.1, 0.15) is 0 Å². The SMILES string of the molecule is CN(C)c1ccc(C(=O)CC2CCN(Cc3ccccc3)CC2)cc1.O=C(O)/C=C/C(=O)O. The Kier molecular flexibility index (Phi) is 10.3. The Bertz CT molecular complexity index is 915. The number of hydrogen-bond donors (Lipinski definition) is 2. The highest BCUT2D eigenvalue weighted by atomic mass is 16.4. The van der Waals surface area contributed by atoms with Crippen molar-refractivity contribution < 1.29 is 24.6 Å². The van der Waals surface area contributed by atoms with E-state index >= 15 is 0 Å². The molecule has 0 amide bonds. The zero-order valence-electron chi connectivity index (χ0n) is 19.2. The Morgan fingerprint density at radius 2 is 1.45 bits per heavy atom. The average molecular weight is 453 g/mol. The molecule has 0 spiro atoms. The molecule has 3 rings (SSSR count). The van der Waals surface area contributed by atoms with E-state index in [-0.39, 0.29) is 5.78 Å². The summed E-state index contributed by atoms with van der Waals surface area (Å²) in [7, 11) is 4.03. The molecule has 0 radical (unpaired) electrons. The van der Waals surface area contributed by atoms with Crippen molar-refractivity contribution >= 4 is 23.4 Å². The van der Waals surface area contributed by atoms with Crippen molar-refractivity contribution in [1.29, 1.82) is 0 Å². The second kappa shape index (κ2) is 13.2. The van der Waals surface area contributed by atoms with E-state index in [1.807, 2.05) is 38.4 Å². The molecule has 2 aromatic rings. The molecule has 0 aromatic heterocycles. The van der Waals surface area contributed by atoms with Crippen LogP contribution in [0.2, 0.25) is 0 Å². The zero-order chi connectivity index (χ0) is 24.2. The quantitative estimate of drug-likeness (QED) is 0.462. The molecule has 176 valence electrons. The number of likely N-dealkylation sites (tertiary alicyclic amines) is 1. The second-order valence-corrected chi connectivity index (χ2v) is 8.28. The Hall–Kier alpha value is -3.45. The fourth-order valence-corrected chi connectivity index (χ4v) is 3.66. The summed E-state index contributed by atoms with van der Waals surface area (Å²) >= 11 is 0. The van der Waals surface area contributed by atoms with Crippen LogP contribution in [0, 0.1) is 5.92 Å². The van der Waals surface area contributed by atoms with Crippen LogP contribution in [-0.4, -0.2) is 60.0 Å². The fourth-order valence-electron chi connectivity index (χ4n) is 3.66. The van der Waals surface area contributed by atoms with E-state index in [1.54, 1.807) is 0 Å². The van der Waals surface area contributed by atoms with E-state index in [9.17, 15) is 14.4 Å². The smallest absolute Gasteiger partial charge is 0.328 e. The van der Waals surface area contributed by atoms with E-state index in [0.29, 0.717) is 24.5 Å². The molecule has 33 heavy (non-hydrogen) atoms. The van der Waals surface area contributed by atoms with E-state index in [1.165, 1.54) is 5.56 Å². The van der Waals surface area contributed by atoms with Crippen molar-refractivity contribution in [2.45, 2.75) is 25.8 Å². The van der Waals surface area contributed by atoms with Gasteiger partial charge in [-0.2, -0.15) is 0 Å². The number of rotatable bonds is 8. The number of ketones is 1. The monoisotopic (exact) mass is 452 g/mol. The van der Waals surface area contributed by atoms with Crippen molar-refractivity contribution in [3.8, 4) is 0 Å². The van der Waals surface area contributed by atoms with Crippen LogP contribution in [-0.2, 0) is 16.1 Å². The maximum Gasteiger partial charge on any atom is 0.328 e. The van der Waals surface area contributed by atoms with Crippen molar-refractivity contribution in [1.82, 2.24) is 4.90 Å². The number of anilines is 1. The van der Waals surface area contributed by atoms with Crippen molar-refractivity contribution in [3.63, 3.8) is 0 Å². The molecular weight excluding hydrogens is 420 g/mol. The molecule has 7 heteroatoms. The molecule has 2 N–H and O–H groups in total. The Balaban J connectivity index is 0.000000414. The first-order valence-corrected chi connectivity index (χ1v) is 11.0. The predicted molar refractivity (Wildman–Crippen MR) is 129 cm³/mol. The summed E-state index contributed by atoms with van der Waals surface area (Å²) in [5, 5.41) is 15.6. The van der Waals surface area contributed by atoms with Crippen LogP contribution in [0.1, 0.15) is 35.2 Å². The van der Waals surface area contributed by atoms with Gasteiger partial charge in [0, 0.05) is 50.5 Å². The Morgan fingerprint density at radius 1 is 0.909 bits per heavy atom. The summed E-state index contributed by atoms with van der Waals surface area (Å²) in [4.78, 5) is 36.2. The molecule has 1 aliphatic heterocycles. The fraction of sp³-hybridized carbons (Fsp3) is 0.346. The summed E-state index contributed by atoms with van der Waals surface area (Å²) in [5.41, 5.74) is 3.35. The van der Waals surface area contributed by atoms with Gasteiger partial charge in [-0.25, -0.2) is 9.59 Å². The number of nitrogens with zero attached hydrogens (tertiary/aromatic N) is 2. The van der Waals surface area contributed by atoms with E-state index < -0.39 is 11.9 Å². The first-order valence-electron chi connectivity index (χ1n) is 11.0. The van der Waals surface area contributed by atoms with Crippen LogP contribution in [0.15, 0.2) is 66.7 Å². The van der Waals surface area contributed by atoms with Crippen LogP contribution >= 0.6 is 0 Å². The molecule has 0 unspecified atom stereocenters. The average Bonchev–Trinajstić information content (AvgIpc) is 2.80. The number of benzene rings is 2. The molecule has 0 saturated carbocycles. The lowest BCUT2D eigenvalue weighted by atomic mass is 9.89. The first kappa shape index (κ1) is 25.8. The molecular formula is C26H32N2O5. The minimum Gasteiger partial charge on any atom is -0.478 e. The molecule has 2 aromatic carbocycles. The van der Waals surface area contributed by atoms with Crippen LogP contribution < -0.4 is 4.90 Å². The number of hydrogen-bond acceptors (Lipinski definition) is 5. The maximum atomic E-state index is 12.5. The number of Topliss-reactive ketones (excluding diaryl/α,β-unsaturated/α-hetero) is 1. The summed E-state index contributed by atoms with van der Waals surface area (Å²) in [6.45, 7) is 3.20. The van der Waals surface area contributed by atoms with Gasteiger partial charge in [0.15, 0.2) is 5.78 Å². The molecule has 1 saturated heterocycles. The number of piperidine rings is 1. The lowest BCUT2D eigenvalue weighted by Gasteiger charge is -2.31. The third-order valence-electron chi connectivity index (χ3n) is 5.50. The minimum atomic E-state index is -1.26. The summed E-state index contributed by atoms with van der Waals surface area (Å²) in [6.07, 6.45) is 4.04.